The van der Waals surface area contributed by atoms with Gasteiger partial charge in [-0.3, -0.25) is 14.4 Å². The summed E-state index contributed by atoms with van der Waals surface area (Å²) in [5, 5.41) is 5.79. The zero-order valence-electron chi connectivity index (χ0n) is 14.5. The SMILES string of the molecule is COC(=O)CNC(=O)c1ccc(NC(=O)[C@@H]2Cc3cc(Cl)ccc3O2)cc1. The molecule has 1 aliphatic heterocycles. The molecule has 0 fully saturated rings. The fourth-order valence-electron chi connectivity index (χ4n) is 2.62. The lowest BCUT2D eigenvalue weighted by atomic mass is 10.1. The van der Waals surface area contributed by atoms with E-state index in [1.165, 1.54) is 7.11 Å². The molecular weight excluding hydrogens is 372 g/mol. The van der Waals surface area contributed by atoms with Gasteiger partial charge in [-0.2, -0.15) is 0 Å². The molecule has 1 aliphatic rings. The Balaban J connectivity index is 1.56. The number of ether oxygens (including phenoxy) is 2. The number of esters is 1. The summed E-state index contributed by atoms with van der Waals surface area (Å²) in [7, 11) is 1.24. The van der Waals surface area contributed by atoms with Gasteiger partial charge in [0.1, 0.15) is 12.3 Å². The van der Waals surface area contributed by atoms with Gasteiger partial charge in [0.15, 0.2) is 6.10 Å². The summed E-state index contributed by atoms with van der Waals surface area (Å²) in [5.41, 5.74) is 1.78. The maximum absolute atomic E-state index is 12.4. The summed E-state index contributed by atoms with van der Waals surface area (Å²) in [6.07, 6.45) is -0.197. The molecule has 2 amide bonds. The van der Waals surface area contributed by atoms with Crippen LogP contribution in [0.3, 0.4) is 0 Å². The van der Waals surface area contributed by atoms with Gasteiger partial charge in [0, 0.05) is 22.7 Å². The summed E-state index contributed by atoms with van der Waals surface area (Å²) < 4.78 is 10.1. The average molecular weight is 389 g/mol. The second-order valence-corrected chi connectivity index (χ2v) is 6.32. The Hall–Kier alpha value is -3.06. The molecule has 0 spiro atoms. The van der Waals surface area contributed by atoms with Crippen LogP contribution >= 0.6 is 11.6 Å². The third-order valence-corrected chi connectivity index (χ3v) is 4.26. The normalized spacial score (nSPS) is 14.7. The highest BCUT2D eigenvalue weighted by Gasteiger charge is 2.29. The van der Waals surface area contributed by atoms with Gasteiger partial charge in [0.2, 0.25) is 0 Å². The first kappa shape index (κ1) is 18.7. The predicted molar refractivity (Wildman–Crippen MR) is 99.0 cm³/mol. The maximum Gasteiger partial charge on any atom is 0.325 e. The van der Waals surface area contributed by atoms with Crippen LogP contribution in [0.5, 0.6) is 5.75 Å². The number of amides is 2. The summed E-state index contributed by atoms with van der Waals surface area (Å²) in [5.74, 6) is -0.585. The molecule has 0 saturated carbocycles. The molecule has 1 heterocycles. The van der Waals surface area contributed by atoms with E-state index >= 15 is 0 Å². The summed E-state index contributed by atoms with van der Waals surface area (Å²) in [6, 6.07) is 11.5. The standard InChI is InChI=1S/C19H17ClN2O5/c1-26-17(23)10-21-18(24)11-2-5-14(6-3-11)22-19(25)16-9-12-8-13(20)4-7-15(12)27-16/h2-8,16H,9-10H2,1H3,(H,21,24)(H,22,25)/t16-/m0/s1. The minimum absolute atomic E-state index is 0.211. The molecule has 1 atom stereocenters. The van der Waals surface area contributed by atoms with Gasteiger partial charge >= 0.3 is 5.97 Å². The number of hydrogen-bond acceptors (Lipinski definition) is 5. The van der Waals surface area contributed by atoms with Crippen LogP contribution in [0.15, 0.2) is 42.5 Å². The Bertz CT molecular complexity index is 882. The lowest BCUT2D eigenvalue weighted by Crippen LogP contribution is -2.31. The van der Waals surface area contributed by atoms with Gasteiger partial charge in [-0.05, 0) is 48.0 Å². The molecule has 0 aromatic heterocycles. The van der Waals surface area contributed by atoms with E-state index in [1.807, 2.05) is 0 Å². The van der Waals surface area contributed by atoms with Crippen LogP contribution in [-0.4, -0.2) is 37.5 Å². The maximum atomic E-state index is 12.4. The number of rotatable bonds is 5. The van der Waals surface area contributed by atoms with E-state index in [9.17, 15) is 14.4 Å². The molecule has 140 valence electrons. The van der Waals surface area contributed by atoms with E-state index in [0.717, 1.165) is 5.56 Å². The summed E-state index contributed by atoms with van der Waals surface area (Å²) >= 11 is 5.95. The lowest BCUT2D eigenvalue weighted by molar-refractivity contribution is -0.139. The Kier molecular flexibility index (Phi) is 5.61. The second kappa shape index (κ2) is 8.09. The zero-order chi connectivity index (χ0) is 19.4. The first-order valence-electron chi connectivity index (χ1n) is 8.17. The highest BCUT2D eigenvalue weighted by molar-refractivity contribution is 6.30. The Morgan fingerprint density at radius 2 is 1.93 bits per heavy atom. The van der Waals surface area contributed by atoms with E-state index in [2.05, 4.69) is 15.4 Å². The number of carbonyl (C=O) groups excluding carboxylic acids is 3. The van der Waals surface area contributed by atoms with Crippen molar-refractivity contribution in [2.24, 2.45) is 0 Å². The van der Waals surface area contributed by atoms with Crippen LogP contribution in [0.25, 0.3) is 0 Å². The Labute approximate surface area is 160 Å². The molecule has 27 heavy (non-hydrogen) atoms. The highest BCUT2D eigenvalue weighted by atomic mass is 35.5. The molecule has 8 heteroatoms. The van der Waals surface area contributed by atoms with Gasteiger partial charge in [-0.15, -0.1) is 0 Å². The van der Waals surface area contributed by atoms with Crippen LogP contribution in [0, 0.1) is 0 Å². The number of fused-ring (bicyclic) bond motifs is 1. The molecule has 0 radical (unpaired) electrons. The van der Waals surface area contributed by atoms with Crippen molar-refractivity contribution in [2.45, 2.75) is 12.5 Å². The van der Waals surface area contributed by atoms with E-state index < -0.39 is 18.0 Å². The molecule has 0 aliphatic carbocycles. The largest absolute Gasteiger partial charge is 0.480 e. The molecule has 0 unspecified atom stereocenters. The molecule has 2 N–H and O–H groups in total. The zero-order valence-corrected chi connectivity index (χ0v) is 15.2. The number of carbonyl (C=O) groups is 3. The smallest absolute Gasteiger partial charge is 0.325 e. The number of halogens is 1. The Morgan fingerprint density at radius 1 is 1.19 bits per heavy atom. The van der Waals surface area contributed by atoms with Crippen molar-refractivity contribution in [3.63, 3.8) is 0 Å². The van der Waals surface area contributed by atoms with Crippen LogP contribution in [0.2, 0.25) is 5.02 Å². The average Bonchev–Trinajstić information content (AvgIpc) is 3.09. The van der Waals surface area contributed by atoms with Crippen LogP contribution in [0.4, 0.5) is 5.69 Å². The highest BCUT2D eigenvalue weighted by Crippen LogP contribution is 2.31. The first-order chi connectivity index (χ1) is 13.0. The number of nitrogens with one attached hydrogen (secondary N) is 2. The summed E-state index contributed by atoms with van der Waals surface area (Å²) in [6.45, 7) is -0.211. The number of anilines is 1. The van der Waals surface area contributed by atoms with Crippen LogP contribution in [0.1, 0.15) is 15.9 Å². The number of methoxy groups -OCH3 is 1. The molecule has 3 rings (SSSR count). The Morgan fingerprint density at radius 3 is 2.63 bits per heavy atom. The number of hydrogen-bond donors (Lipinski definition) is 2. The minimum Gasteiger partial charge on any atom is -0.480 e. The fourth-order valence-corrected chi connectivity index (χ4v) is 2.81. The summed E-state index contributed by atoms with van der Waals surface area (Å²) in [4.78, 5) is 35.4. The van der Waals surface area contributed by atoms with E-state index in [-0.39, 0.29) is 12.5 Å². The first-order valence-corrected chi connectivity index (χ1v) is 8.55. The fraction of sp³-hybridized carbons (Fsp3) is 0.211. The van der Waals surface area contributed by atoms with Gasteiger partial charge < -0.3 is 20.1 Å². The number of benzene rings is 2. The third-order valence-electron chi connectivity index (χ3n) is 4.03. The van der Waals surface area contributed by atoms with Crippen LogP contribution in [-0.2, 0) is 20.7 Å². The molecule has 0 saturated heterocycles. The van der Waals surface area contributed by atoms with Crippen molar-refractivity contribution >= 4 is 35.1 Å². The second-order valence-electron chi connectivity index (χ2n) is 5.89. The topological polar surface area (TPSA) is 93.7 Å². The molecule has 2 aromatic rings. The molecule has 7 nitrogen and oxygen atoms in total. The van der Waals surface area contributed by atoms with Gasteiger partial charge in [-0.1, -0.05) is 11.6 Å². The minimum atomic E-state index is -0.638. The van der Waals surface area contributed by atoms with Crippen molar-refractivity contribution in [1.82, 2.24) is 5.32 Å². The van der Waals surface area contributed by atoms with Crippen molar-refractivity contribution in [2.75, 3.05) is 19.0 Å². The van der Waals surface area contributed by atoms with E-state index in [4.69, 9.17) is 16.3 Å². The third kappa shape index (κ3) is 4.57. The lowest BCUT2D eigenvalue weighted by Gasteiger charge is -2.12. The van der Waals surface area contributed by atoms with Crippen LogP contribution < -0.4 is 15.4 Å². The predicted octanol–water partition coefficient (Wildman–Crippen LogP) is 2.18. The van der Waals surface area contributed by atoms with Crippen molar-refractivity contribution < 1.29 is 23.9 Å². The molecular formula is C19H17ClN2O5. The quantitative estimate of drug-likeness (QED) is 0.766. The van der Waals surface area contributed by atoms with E-state index in [1.54, 1.807) is 42.5 Å². The van der Waals surface area contributed by atoms with Gasteiger partial charge in [0.05, 0.1) is 7.11 Å². The van der Waals surface area contributed by atoms with Crippen molar-refractivity contribution in [3.8, 4) is 5.75 Å². The molecule has 0 bridgehead atoms. The molecule has 2 aromatic carbocycles. The van der Waals surface area contributed by atoms with E-state index in [0.29, 0.717) is 28.4 Å². The monoisotopic (exact) mass is 388 g/mol. The van der Waals surface area contributed by atoms with Gasteiger partial charge in [0.25, 0.3) is 11.8 Å². The van der Waals surface area contributed by atoms with Crippen molar-refractivity contribution in [1.29, 1.82) is 0 Å². The van der Waals surface area contributed by atoms with Gasteiger partial charge in [-0.25, -0.2) is 0 Å². The van der Waals surface area contributed by atoms with Crippen molar-refractivity contribution in [3.05, 3.63) is 58.6 Å².